The van der Waals surface area contributed by atoms with Crippen LogP contribution in [0.3, 0.4) is 0 Å². The number of aromatic nitrogens is 1. The second kappa shape index (κ2) is 2.54. The summed E-state index contributed by atoms with van der Waals surface area (Å²) in [6.07, 6.45) is 1.39. The van der Waals surface area contributed by atoms with Crippen molar-refractivity contribution in [3.63, 3.8) is 0 Å². The van der Waals surface area contributed by atoms with Crippen molar-refractivity contribution in [2.75, 3.05) is 0 Å². The standard InChI is InChI=1S/C10H4N2O4/c13-9(14)5-3-1-2-11-7-4(3)6(5)12-8(7)10(15)16/h1-2H,(H,13,14)(H,15,16). The molecule has 1 aliphatic carbocycles. The van der Waals surface area contributed by atoms with Gasteiger partial charge in [-0.1, -0.05) is 0 Å². The predicted octanol–water partition coefficient (Wildman–Crippen LogP) is 0.235. The molecular formula is C10H4N2O4. The van der Waals surface area contributed by atoms with Crippen LogP contribution in [0.1, 0.15) is 16.8 Å². The molecule has 16 heavy (non-hydrogen) atoms. The first-order valence-corrected chi connectivity index (χ1v) is 4.41. The van der Waals surface area contributed by atoms with Crippen LogP contribution in [0.25, 0.3) is 11.3 Å². The highest BCUT2D eigenvalue weighted by atomic mass is 16.4. The monoisotopic (exact) mass is 216 g/mol. The van der Waals surface area contributed by atoms with Crippen molar-refractivity contribution in [3.05, 3.63) is 29.1 Å². The Labute approximate surface area is 88.6 Å². The minimum atomic E-state index is -1.20. The number of carboxylic acid groups (broad SMARTS) is 2. The molecule has 0 unspecified atom stereocenters. The number of hydrogen-bond acceptors (Lipinski definition) is 4. The number of aliphatic carboxylic acids is 2. The molecule has 0 amide bonds. The van der Waals surface area contributed by atoms with Crippen molar-refractivity contribution >= 4 is 28.9 Å². The van der Waals surface area contributed by atoms with Gasteiger partial charge in [0.25, 0.3) is 0 Å². The molecule has 2 N–H and O–H groups in total. The molecular weight excluding hydrogens is 212 g/mol. The van der Waals surface area contributed by atoms with Gasteiger partial charge in [-0.3, -0.25) is 4.98 Å². The molecule has 0 atom stereocenters. The second-order valence-electron chi connectivity index (χ2n) is 3.38. The quantitative estimate of drug-likeness (QED) is 0.737. The number of nitrogens with zero attached hydrogens (tertiary/aromatic N) is 2. The summed E-state index contributed by atoms with van der Waals surface area (Å²) in [7, 11) is 0. The van der Waals surface area contributed by atoms with Gasteiger partial charge in [0.15, 0.2) is 5.71 Å². The van der Waals surface area contributed by atoms with Crippen LogP contribution in [0, 0.1) is 0 Å². The second-order valence-corrected chi connectivity index (χ2v) is 3.38. The van der Waals surface area contributed by atoms with Gasteiger partial charge in [0.1, 0.15) is 5.69 Å². The Hall–Kier alpha value is -2.50. The molecule has 3 rings (SSSR count). The number of hydrogen-bond donors (Lipinski definition) is 2. The molecule has 6 heteroatoms. The van der Waals surface area contributed by atoms with E-state index < -0.39 is 11.9 Å². The minimum absolute atomic E-state index is 0.0647. The third-order valence-corrected chi connectivity index (χ3v) is 2.56. The Morgan fingerprint density at radius 3 is 2.56 bits per heavy atom. The zero-order chi connectivity index (χ0) is 11.4. The van der Waals surface area contributed by atoms with Crippen LogP contribution in [0.2, 0.25) is 0 Å². The van der Waals surface area contributed by atoms with E-state index in [0.717, 1.165) is 0 Å². The minimum Gasteiger partial charge on any atom is -0.478 e. The van der Waals surface area contributed by atoms with Crippen molar-refractivity contribution < 1.29 is 19.8 Å². The van der Waals surface area contributed by atoms with E-state index in [1.165, 1.54) is 6.20 Å². The topological polar surface area (TPSA) is 99.8 Å². The normalized spacial score (nSPS) is 15.4. The highest BCUT2D eigenvalue weighted by molar-refractivity contribution is 6.48. The van der Waals surface area contributed by atoms with E-state index in [2.05, 4.69) is 9.98 Å². The summed E-state index contributed by atoms with van der Waals surface area (Å²) in [6.45, 7) is 0. The van der Waals surface area contributed by atoms with E-state index in [1.807, 2.05) is 0 Å². The summed E-state index contributed by atoms with van der Waals surface area (Å²) >= 11 is 0. The maximum atomic E-state index is 10.9. The van der Waals surface area contributed by atoms with E-state index in [-0.39, 0.29) is 22.7 Å². The van der Waals surface area contributed by atoms with Gasteiger partial charge in [0.2, 0.25) is 0 Å². The lowest BCUT2D eigenvalue weighted by Crippen LogP contribution is -2.16. The van der Waals surface area contributed by atoms with Gasteiger partial charge in [-0.15, -0.1) is 0 Å². The molecule has 78 valence electrons. The predicted molar refractivity (Wildman–Crippen MR) is 52.9 cm³/mol. The Balaban J connectivity index is 2.31. The summed E-state index contributed by atoms with van der Waals surface area (Å²) in [6, 6.07) is 1.55. The zero-order valence-electron chi connectivity index (χ0n) is 7.76. The van der Waals surface area contributed by atoms with E-state index in [0.29, 0.717) is 11.1 Å². The van der Waals surface area contributed by atoms with Crippen LogP contribution in [0.4, 0.5) is 0 Å². The fourth-order valence-electron chi connectivity index (χ4n) is 1.92. The smallest absolute Gasteiger partial charge is 0.356 e. The van der Waals surface area contributed by atoms with Gasteiger partial charge in [0.05, 0.1) is 11.3 Å². The van der Waals surface area contributed by atoms with Gasteiger partial charge in [-0.25, -0.2) is 14.6 Å². The first-order valence-electron chi connectivity index (χ1n) is 4.41. The van der Waals surface area contributed by atoms with Crippen LogP contribution < -0.4 is 0 Å². The Bertz CT molecular complexity index is 628. The number of pyridine rings is 1. The van der Waals surface area contributed by atoms with Gasteiger partial charge in [0, 0.05) is 17.3 Å². The molecule has 0 saturated heterocycles. The highest BCUT2D eigenvalue weighted by Gasteiger charge is 2.40. The number of rotatable bonds is 2. The molecule has 0 radical (unpaired) electrons. The maximum absolute atomic E-state index is 10.9. The molecule has 0 fully saturated rings. The number of carbonyl (C=O) groups is 2. The number of carboxylic acids is 2. The van der Waals surface area contributed by atoms with Crippen molar-refractivity contribution in [1.82, 2.24) is 4.98 Å². The van der Waals surface area contributed by atoms with E-state index in [4.69, 9.17) is 10.2 Å². The zero-order valence-corrected chi connectivity index (χ0v) is 7.76. The highest BCUT2D eigenvalue weighted by Crippen LogP contribution is 2.46. The third kappa shape index (κ3) is 0.813. The average Bonchev–Trinajstić information content (AvgIpc) is 2.53. The van der Waals surface area contributed by atoms with Crippen LogP contribution in [0.5, 0.6) is 0 Å². The molecule has 1 aromatic rings. The first-order chi connectivity index (χ1) is 7.61. The van der Waals surface area contributed by atoms with Gasteiger partial charge in [-0.05, 0) is 6.07 Å². The lowest BCUT2D eigenvalue weighted by molar-refractivity contribution is -0.131. The van der Waals surface area contributed by atoms with Crippen molar-refractivity contribution in [2.45, 2.75) is 0 Å². The van der Waals surface area contributed by atoms with Crippen molar-refractivity contribution in [2.24, 2.45) is 4.99 Å². The SMILES string of the molecule is O=C(O)C1=NC2=C(C(=O)O)c3ccnc1c32. The first kappa shape index (κ1) is 8.78. The summed E-state index contributed by atoms with van der Waals surface area (Å²) in [4.78, 5) is 29.5. The molecule has 2 heterocycles. The Morgan fingerprint density at radius 2 is 1.94 bits per heavy atom. The van der Waals surface area contributed by atoms with Gasteiger partial charge in [-0.2, -0.15) is 0 Å². The van der Waals surface area contributed by atoms with Crippen LogP contribution >= 0.6 is 0 Å². The molecule has 2 aliphatic rings. The third-order valence-electron chi connectivity index (χ3n) is 2.56. The molecule has 0 aromatic carbocycles. The van der Waals surface area contributed by atoms with Crippen LogP contribution in [-0.2, 0) is 9.59 Å². The fourth-order valence-corrected chi connectivity index (χ4v) is 1.92. The number of aliphatic imine (C=N–C) groups is 1. The lowest BCUT2D eigenvalue weighted by atomic mass is 9.85. The molecule has 0 spiro atoms. The molecule has 0 bridgehead atoms. The molecule has 6 nitrogen and oxygen atoms in total. The van der Waals surface area contributed by atoms with Crippen LogP contribution in [0.15, 0.2) is 17.3 Å². The molecule has 1 aromatic heterocycles. The summed E-state index contributed by atoms with van der Waals surface area (Å²) in [5, 5.41) is 17.8. The van der Waals surface area contributed by atoms with E-state index in [1.54, 1.807) is 6.07 Å². The van der Waals surface area contributed by atoms with Gasteiger partial charge < -0.3 is 10.2 Å². The Kier molecular flexibility index (Phi) is 1.40. The Morgan fingerprint density at radius 1 is 1.19 bits per heavy atom. The van der Waals surface area contributed by atoms with Crippen molar-refractivity contribution in [1.29, 1.82) is 0 Å². The van der Waals surface area contributed by atoms with E-state index >= 15 is 0 Å². The van der Waals surface area contributed by atoms with Crippen molar-refractivity contribution in [3.8, 4) is 0 Å². The maximum Gasteiger partial charge on any atom is 0.356 e. The summed E-state index contributed by atoms with van der Waals surface area (Å²) in [5.74, 6) is -2.30. The van der Waals surface area contributed by atoms with Crippen LogP contribution in [-0.4, -0.2) is 32.8 Å². The lowest BCUT2D eigenvalue weighted by Gasteiger charge is -2.18. The van der Waals surface area contributed by atoms with Gasteiger partial charge >= 0.3 is 11.9 Å². The molecule has 1 aliphatic heterocycles. The summed E-state index contributed by atoms with van der Waals surface area (Å²) in [5.41, 5.74) is 1.40. The summed E-state index contributed by atoms with van der Waals surface area (Å²) < 4.78 is 0. The largest absolute Gasteiger partial charge is 0.478 e. The fraction of sp³-hybridized carbons (Fsp3) is 0. The van der Waals surface area contributed by atoms with E-state index in [9.17, 15) is 9.59 Å². The molecule has 0 saturated carbocycles. The average molecular weight is 216 g/mol.